The predicted octanol–water partition coefficient (Wildman–Crippen LogP) is -0.388. The molecule has 2 saturated heterocycles. The molecule has 0 aromatic carbocycles. The van der Waals surface area contributed by atoms with Gasteiger partial charge in [0.2, 0.25) is 0 Å². The maximum absolute atomic E-state index is 5.58. The van der Waals surface area contributed by atoms with E-state index in [4.69, 9.17) is 9.47 Å². The monoisotopic (exact) mass is 172 g/mol. The zero-order valence-electron chi connectivity index (χ0n) is 7.29. The van der Waals surface area contributed by atoms with E-state index in [1.165, 1.54) is 0 Å². The minimum absolute atomic E-state index is 0.329. The average Bonchev–Trinajstić information content (AvgIpc) is 2.21. The molecular formula is C8H16N2O2. The van der Waals surface area contributed by atoms with Crippen LogP contribution in [0.3, 0.4) is 0 Å². The van der Waals surface area contributed by atoms with Crippen molar-refractivity contribution in [1.82, 2.24) is 10.2 Å². The first-order valence-electron chi connectivity index (χ1n) is 4.61. The van der Waals surface area contributed by atoms with Gasteiger partial charge < -0.3 is 9.47 Å². The summed E-state index contributed by atoms with van der Waals surface area (Å²) in [5, 5.41) is 3.17. The Morgan fingerprint density at radius 1 is 1.25 bits per heavy atom. The highest BCUT2D eigenvalue weighted by Crippen LogP contribution is 2.10. The van der Waals surface area contributed by atoms with E-state index < -0.39 is 0 Å². The summed E-state index contributed by atoms with van der Waals surface area (Å²) < 4.78 is 10.9. The molecule has 0 aromatic rings. The number of morpholine rings is 1. The summed E-state index contributed by atoms with van der Waals surface area (Å²) in [5.74, 6) is 0. The largest absolute Gasteiger partial charge is 0.379 e. The number of hydrogen-bond donors (Lipinski definition) is 1. The van der Waals surface area contributed by atoms with Gasteiger partial charge in [0.05, 0.1) is 19.9 Å². The van der Waals surface area contributed by atoms with Crippen LogP contribution in [-0.2, 0) is 9.47 Å². The minimum Gasteiger partial charge on any atom is -0.379 e. The summed E-state index contributed by atoms with van der Waals surface area (Å²) >= 11 is 0. The smallest absolute Gasteiger partial charge is 0.113 e. The van der Waals surface area contributed by atoms with Crippen molar-refractivity contribution in [3.05, 3.63) is 0 Å². The van der Waals surface area contributed by atoms with Crippen LogP contribution in [0.1, 0.15) is 6.42 Å². The van der Waals surface area contributed by atoms with Gasteiger partial charge in [0, 0.05) is 19.6 Å². The summed E-state index contributed by atoms with van der Waals surface area (Å²) in [6.45, 7) is 5.51. The molecule has 4 heteroatoms. The molecule has 70 valence electrons. The minimum atomic E-state index is 0.329. The second-order valence-electron chi connectivity index (χ2n) is 3.20. The van der Waals surface area contributed by atoms with Crippen LogP contribution >= 0.6 is 0 Å². The molecule has 2 aliphatic rings. The molecule has 1 unspecified atom stereocenters. The Bertz CT molecular complexity index is 115. The molecular weight excluding hydrogens is 156 g/mol. The van der Waals surface area contributed by atoms with Crippen molar-refractivity contribution in [2.75, 3.05) is 39.6 Å². The molecule has 0 bridgehead atoms. The molecule has 12 heavy (non-hydrogen) atoms. The van der Waals surface area contributed by atoms with Crippen LogP contribution in [-0.4, -0.2) is 50.7 Å². The van der Waals surface area contributed by atoms with Crippen molar-refractivity contribution in [3.8, 4) is 0 Å². The lowest BCUT2D eigenvalue weighted by Crippen LogP contribution is -2.49. The van der Waals surface area contributed by atoms with Crippen LogP contribution in [0.2, 0.25) is 0 Å². The van der Waals surface area contributed by atoms with E-state index >= 15 is 0 Å². The Hall–Kier alpha value is -0.160. The van der Waals surface area contributed by atoms with Gasteiger partial charge in [0.1, 0.15) is 6.23 Å². The van der Waals surface area contributed by atoms with Gasteiger partial charge in [0.15, 0.2) is 0 Å². The first kappa shape index (κ1) is 8.44. The fourth-order valence-corrected chi connectivity index (χ4v) is 1.69. The van der Waals surface area contributed by atoms with Crippen molar-refractivity contribution >= 4 is 0 Å². The first-order valence-corrected chi connectivity index (χ1v) is 4.61. The lowest BCUT2D eigenvalue weighted by molar-refractivity contribution is -0.118. The lowest BCUT2D eigenvalue weighted by Gasteiger charge is -2.36. The highest BCUT2D eigenvalue weighted by atomic mass is 16.5. The zero-order valence-corrected chi connectivity index (χ0v) is 7.29. The second-order valence-corrected chi connectivity index (χ2v) is 3.20. The van der Waals surface area contributed by atoms with E-state index in [1.807, 2.05) is 0 Å². The van der Waals surface area contributed by atoms with Gasteiger partial charge in [-0.2, -0.15) is 0 Å². The third-order valence-electron chi connectivity index (χ3n) is 2.40. The molecule has 2 aliphatic heterocycles. The van der Waals surface area contributed by atoms with Gasteiger partial charge in [-0.25, -0.2) is 0 Å². The molecule has 2 fully saturated rings. The van der Waals surface area contributed by atoms with Crippen molar-refractivity contribution in [3.63, 3.8) is 0 Å². The van der Waals surface area contributed by atoms with Crippen LogP contribution in [0.25, 0.3) is 0 Å². The molecule has 0 radical (unpaired) electrons. The SMILES string of the molecule is C1CC(N2CCOCC2)OCN1. The van der Waals surface area contributed by atoms with E-state index in [0.29, 0.717) is 13.0 Å². The first-order chi connectivity index (χ1) is 5.97. The number of ether oxygens (including phenoxy) is 2. The molecule has 2 rings (SSSR count). The van der Waals surface area contributed by atoms with Crippen LogP contribution in [0.15, 0.2) is 0 Å². The van der Waals surface area contributed by atoms with E-state index in [2.05, 4.69) is 10.2 Å². The number of hydrogen-bond acceptors (Lipinski definition) is 4. The zero-order chi connectivity index (χ0) is 8.23. The summed E-state index contributed by atoms with van der Waals surface area (Å²) in [6, 6.07) is 0. The highest BCUT2D eigenvalue weighted by Gasteiger charge is 2.22. The molecule has 1 N–H and O–H groups in total. The number of nitrogens with zero attached hydrogens (tertiary/aromatic N) is 1. The van der Waals surface area contributed by atoms with E-state index in [-0.39, 0.29) is 0 Å². The molecule has 0 amide bonds. The van der Waals surface area contributed by atoms with Gasteiger partial charge in [-0.15, -0.1) is 0 Å². The van der Waals surface area contributed by atoms with Crippen molar-refractivity contribution in [2.45, 2.75) is 12.6 Å². The van der Waals surface area contributed by atoms with Crippen molar-refractivity contribution < 1.29 is 9.47 Å². The Balaban J connectivity index is 1.80. The number of nitrogens with one attached hydrogen (secondary N) is 1. The molecule has 0 spiro atoms. The van der Waals surface area contributed by atoms with Crippen molar-refractivity contribution in [2.24, 2.45) is 0 Å². The maximum Gasteiger partial charge on any atom is 0.113 e. The molecule has 1 atom stereocenters. The third kappa shape index (κ3) is 1.95. The standard InChI is InChI=1S/C8H16N2O2/c1-2-9-7-12-8(1)10-3-5-11-6-4-10/h8-9H,1-7H2. The summed E-state index contributed by atoms with van der Waals surface area (Å²) in [7, 11) is 0. The fraction of sp³-hybridized carbons (Fsp3) is 1.00. The molecule has 0 aromatic heterocycles. The van der Waals surface area contributed by atoms with Crippen LogP contribution in [0.4, 0.5) is 0 Å². The Morgan fingerprint density at radius 2 is 2.08 bits per heavy atom. The topological polar surface area (TPSA) is 33.7 Å². The van der Waals surface area contributed by atoms with Crippen LogP contribution < -0.4 is 5.32 Å². The van der Waals surface area contributed by atoms with Crippen molar-refractivity contribution in [1.29, 1.82) is 0 Å². The maximum atomic E-state index is 5.58. The predicted molar refractivity (Wildman–Crippen MR) is 44.8 cm³/mol. The quantitative estimate of drug-likeness (QED) is 0.584. The van der Waals surface area contributed by atoms with E-state index in [1.54, 1.807) is 0 Å². The van der Waals surface area contributed by atoms with Gasteiger partial charge >= 0.3 is 0 Å². The Labute approximate surface area is 72.8 Å². The van der Waals surface area contributed by atoms with E-state index in [0.717, 1.165) is 39.3 Å². The molecule has 4 nitrogen and oxygen atoms in total. The summed E-state index contributed by atoms with van der Waals surface area (Å²) in [6.07, 6.45) is 1.43. The summed E-state index contributed by atoms with van der Waals surface area (Å²) in [5.41, 5.74) is 0. The van der Waals surface area contributed by atoms with E-state index in [9.17, 15) is 0 Å². The Kier molecular flexibility index (Phi) is 2.94. The Morgan fingerprint density at radius 3 is 2.75 bits per heavy atom. The van der Waals surface area contributed by atoms with Crippen LogP contribution in [0, 0.1) is 0 Å². The fourth-order valence-electron chi connectivity index (χ4n) is 1.69. The van der Waals surface area contributed by atoms with Gasteiger partial charge in [-0.1, -0.05) is 0 Å². The van der Waals surface area contributed by atoms with Gasteiger partial charge in [-0.05, 0) is 6.42 Å². The van der Waals surface area contributed by atoms with Gasteiger partial charge in [0.25, 0.3) is 0 Å². The number of rotatable bonds is 1. The normalized spacial score (nSPS) is 33.5. The molecule has 0 saturated carbocycles. The molecule has 0 aliphatic carbocycles. The highest BCUT2D eigenvalue weighted by molar-refractivity contribution is 4.69. The second kappa shape index (κ2) is 4.18. The van der Waals surface area contributed by atoms with Gasteiger partial charge in [-0.3, -0.25) is 10.2 Å². The average molecular weight is 172 g/mol. The molecule has 2 heterocycles. The third-order valence-corrected chi connectivity index (χ3v) is 2.40. The lowest BCUT2D eigenvalue weighted by atomic mass is 10.3. The van der Waals surface area contributed by atoms with Crippen LogP contribution in [0.5, 0.6) is 0 Å². The summed E-state index contributed by atoms with van der Waals surface area (Å²) in [4.78, 5) is 2.37.